The minimum Gasteiger partial charge on any atom is -0.326 e. The molecule has 0 radical (unpaired) electrons. The third kappa shape index (κ3) is 4.70. The van der Waals surface area contributed by atoms with E-state index in [0.717, 1.165) is 16.6 Å². The summed E-state index contributed by atoms with van der Waals surface area (Å²) in [6.45, 7) is 1.96. The summed E-state index contributed by atoms with van der Waals surface area (Å²) in [6, 6.07) is 14.2. The van der Waals surface area contributed by atoms with Crippen molar-refractivity contribution in [1.82, 2.24) is 0 Å². The van der Waals surface area contributed by atoms with Crippen molar-refractivity contribution >= 4 is 39.1 Å². The summed E-state index contributed by atoms with van der Waals surface area (Å²) in [5.41, 5.74) is 1.98. The molecule has 0 saturated carbocycles. The Morgan fingerprint density at radius 1 is 1.00 bits per heavy atom. The number of carbonyl (C=O) groups is 2. The summed E-state index contributed by atoms with van der Waals surface area (Å²) in [5.74, 6) is -0.183. The molecule has 2 rings (SSSR count). The van der Waals surface area contributed by atoms with Crippen molar-refractivity contribution in [3.05, 3.63) is 58.6 Å². The van der Waals surface area contributed by atoms with Gasteiger partial charge in [0.15, 0.2) is 0 Å². The van der Waals surface area contributed by atoms with Gasteiger partial charge in [0.2, 0.25) is 5.91 Å². The zero-order chi connectivity index (χ0) is 15.9. The molecule has 114 valence electrons. The fraction of sp³-hybridized carbons (Fsp3) is 0.176. The molecule has 0 aliphatic rings. The van der Waals surface area contributed by atoms with Gasteiger partial charge in [0.05, 0.1) is 0 Å². The molecular weight excluding hydrogens is 344 g/mol. The van der Waals surface area contributed by atoms with Crippen LogP contribution in [0, 0.1) is 0 Å². The van der Waals surface area contributed by atoms with E-state index in [1.807, 2.05) is 19.1 Å². The lowest BCUT2D eigenvalue weighted by molar-refractivity contribution is -0.116. The Hall–Kier alpha value is -2.14. The summed E-state index contributed by atoms with van der Waals surface area (Å²) < 4.78 is 0.856. The Morgan fingerprint density at radius 2 is 1.64 bits per heavy atom. The zero-order valence-electron chi connectivity index (χ0n) is 12.2. The summed E-state index contributed by atoms with van der Waals surface area (Å²) in [4.78, 5) is 23.6. The Labute approximate surface area is 138 Å². The smallest absolute Gasteiger partial charge is 0.255 e. The second-order valence-corrected chi connectivity index (χ2v) is 5.76. The highest BCUT2D eigenvalue weighted by molar-refractivity contribution is 9.10. The number of hydrogen-bond donors (Lipinski definition) is 2. The molecule has 0 aliphatic carbocycles. The molecule has 0 bridgehead atoms. The van der Waals surface area contributed by atoms with Crippen molar-refractivity contribution in [2.45, 2.75) is 19.8 Å². The lowest BCUT2D eigenvalue weighted by Crippen LogP contribution is -2.12. The Bertz CT molecular complexity index is 669. The van der Waals surface area contributed by atoms with E-state index >= 15 is 0 Å². The normalized spacial score (nSPS) is 10.1. The van der Waals surface area contributed by atoms with E-state index < -0.39 is 0 Å². The molecule has 2 N–H and O–H groups in total. The highest BCUT2D eigenvalue weighted by atomic mass is 79.9. The first-order valence-corrected chi connectivity index (χ1v) is 7.84. The van der Waals surface area contributed by atoms with Crippen LogP contribution in [0.15, 0.2) is 53.0 Å². The van der Waals surface area contributed by atoms with Crippen molar-refractivity contribution in [2.24, 2.45) is 0 Å². The average Bonchev–Trinajstić information content (AvgIpc) is 2.49. The third-order valence-electron chi connectivity index (χ3n) is 2.99. The van der Waals surface area contributed by atoms with E-state index in [1.165, 1.54) is 0 Å². The number of anilines is 2. The molecule has 0 heterocycles. The third-order valence-corrected chi connectivity index (χ3v) is 3.48. The van der Waals surface area contributed by atoms with E-state index in [-0.39, 0.29) is 11.8 Å². The van der Waals surface area contributed by atoms with Crippen molar-refractivity contribution in [1.29, 1.82) is 0 Å². The van der Waals surface area contributed by atoms with Crippen LogP contribution >= 0.6 is 15.9 Å². The van der Waals surface area contributed by atoms with Crippen LogP contribution in [0.2, 0.25) is 0 Å². The highest BCUT2D eigenvalue weighted by Gasteiger charge is 2.06. The van der Waals surface area contributed by atoms with Gasteiger partial charge in [0, 0.05) is 27.8 Å². The number of rotatable bonds is 5. The second kappa shape index (κ2) is 7.75. The molecule has 0 aromatic heterocycles. The van der Waals surface area contributed by atoms with Gasteiger partial charge in [0.25, 0.3) is 5.91 Å². The quantitative estimate of drug-likeness (QED) is 0.827. The van der Waals surface area contributed by atoms with Crippen LogP contribution in [0.5, 0.6) is 0 Å². The maximum absolute atomic E-state index is 12.1. The largest absolute Gasteiger partial charge is 0.326 e. The predicted octanol–water partition coefficient (Wildman–Crippen LogP) is 4.44. The Kier molecular flexibility index (Phi) is 5.72. The van der Waals surface area contributed by atoms with Crippen LogP contribution in [-0.2, 0) is 4.79 Å². The molecule has 0 aliphatic heterocycles. The van der Waals surface area contributed by atoms with E-state index in [1.54, 1.807) is 36.4 Å². The SMILES string of the molecule is CCCC(=O)Nc1ccc(NC(=O)c2cccc(Br)c2)cc1. The van der Waals surface area contributed by atoms with E-state index in [4.69, 9.17) is 0 Å². The second-order valence-electron chi connectivity index (χ2n) is 4.84. The molecular formula is C17H17BrN2O2. The van der Waals surface area contributed by atoms with Crippen LogP contribution < -0.4 is 10.6 Å². The van der Waals surface area contributed by atoms with Crippen LogP contribution in [0.1, 0.15) is 30.1 Å². The fourth-order valence-electron chi connectivity index (χ4n) is 1.92. The average molecular weight is 361 g/mol. The fourth-order valence-corrected chi connectivity index (χ4v) is 2.32. The molecule has 4 nitrogen and oxygen atoms in total. The Balaban J connectivity index is 1.99. The van der Waals surface area contributed by atoms with Gasteiger partial charge >= 0.3 is 0 Å². The molecule has 0 spiro atoms. The van der Waals surface area contributed by atoms with Crippen molar-refractivity contribution in [3.63, 3.8) is 0 Å². The molecule has 0 fully saturated rings. The van der Waals surface area contributed by atoms with Crippen LogP contribution in [0.4, 0.5) is 11.4 Å². The number of carbonyl (C=O) groups excluding carboxylic acids is 2. The Morgan fingerprint density at radius 3 is 2.23 bits per heavy atom. The molecule has 2 aromatic rings. The standard InChI is InChI=1S/C17H17BrN2O2/c1-2-4-16(21)19-14-7-9-15(10-8-14)20-17(22)12-5-3-6-13(18)11-12/h3,5-11H,2,4H2,1H3,(H,19,21)(H,20,22). The first kappa shape index (κ1) is 16.2. The van der Waals surface area contributed by atoms with Gasteiger partial charge in [-0.25, -0.2) is 0 Å². The zero-order valence-corrected chi connectivity index (χ0v) is 13.8. The van der Waals surface area contributed by atoms with Gasteiger partial charge in [-0.3, -0.25) is 9.59 Å². The van der Waals surface area contributed by atoms with Crippen molar-refractivity contribution in [2.75, 3.05) is 10.6 Å². The predicted molar refractivity (Wildman–Crippen MR) is 92.1 cm³/mol. The highest BCUT2D eigenvalue weighted by Crippen LogP contribution is 2.16. The topological polar surface area (TPSA) is 58.2 Å². The molecule has 2 aromatic carbocycles. The number of nitrogens with one attached hydrogen (secondary N) is 2. The van der Waals surface area contributed by atoms with Crippen LogP contribution in [0.25, 0.3) is 0 Å². The first-order valence-electron chi connectivity index (χ1n) is 7.05. The summed E-state index contributed by atoms with van der Waals surface area (Å²) in [6.07, 6.45) is 1.31. The molecule has 0 atom stereocenters. The molecule has 5 heteroatoms. The van der Waals surface area contributed by atoms with Gasteiger partial charge in [-0.1, -0.05) is 28.9 Å². The van der Waals surface area contributed by atoms with Crippen LogP contribution in [0.3, 0.4) is 0 Å². The van der Waals surface area contributed by atoms with E-state index in [0.29, 0.717) is 17.7 Å². The van der Waals surface area contributed by atoms with E-state index in [2.05, 4.69) is 26.6 Å². The minimum absolute atomic E-state index is 0.00609. The van der Waals surface area contributed by atoms with Gasteiger partial charge in [-0.05, 0) is 48.9 Å². The van der Waals surface area contributed by atoms with Gasteiger partial charge in [-0.2, -0.15) is 0 Å². The summed E-state index contributed by atoms with van der Waals surface area (Å²) >= 11 is 3.34. The summed E-state index contributed by atoms with van der Waals surface area (Å²) in [5, 5.41) is 5.62. The number of benzene rings is 2. The number of hydrogen-bond acceptors (Lipinski definition) is 2. The number of halogens is 1. The molecule has 0 unspecified atom stereocenters. The lowest BCUT2D eigenvalue weighted by Gasteiger charge is -2.08. The maximum Gasteiger partial charge on any atom is 0.255 e. The maximum atomic E-state index is 12.1. The minimum atomic E-state index is -0.177. The van der Waals surface area contributed by atoms with E-state index in [9.17, 15) is 9.59 Å². The molecule has 0 saturated heterocycles. The van der Waals surface area contributed by atoms with Crippen LogP contribution in [-0.4, -0.2) is 11.8 Å². The van der Waals surface area contributed by atoms with Crippen molar-refractivity contribution < 1.29 is 9.59 Å². The monoisotopic (exact) mass is 360 g/mol. The molecule has 22 heavy (non-hydrogen) atoms. The first-order chi connectivity index (χ1) is 10.6. The number of amides is 2. The summed E-state index contributed by atoms with van der Waals surface area (Å²) in [7, 11) is 0. The van der Waals surface area contributed by atoms with Gasteiger partial charge < -0.3 is 10.6 Å². The lowest BCUT2D eigenvalue weighted by atomic mass is 10.2. The van der Waals surface area contributed by atoms with Crippen molar-refractivity contribution in [3.8, 4) is 0 Å². The van der Waals surface area contributed by atoms with Gasteiger partial charge in [0.1, 0.15) is 0 Å². The molecule has 2 amide bonds. The van der Waals surface area contributed by atoms with Gasteiger partial charge in [-0.15, -0.1) is 0 Å².